The maximum atomic E-state index is 4.82. The van der Waals surface area contributed by atoms with Gasteiger partial charge in [-0.1, -0.05) is 123 Å². The summed E-state index contributed by atoms with van der Waals surface area (Å²) in [4.78, 5) is 4.82. The van der Waals surface area contributed by atoms with E-state index in [-0.39, 0.29) is 5.41 Å². The Morgan fingerprint density at radius 3 is 1.90 bits per heavy atom. The van der Waals surface area contributed by atoms with Gasteiger partial charge in [-0.2, -0.15) is 0 Å². The summed E-state index contributed by atoms with van der Waals surface area (Å²) in [6.07, 6.45) is 1.89. The van der Waals surface area contributed by atoms with Gasteiger partial charge < -0.3 is 0 Å². The van der Waals surface area contributed by atoms with E-state index in [1.807, 2.05) is 12.3 Å². The molecule has 0 bridgehead atoms. The highest BCUT2D eigenvalue weighted by molar-refractivity contribution is 6.21. The van der Waals surface area contributed by atoms with Gasteiger partial charge in [-0.15, -0.1) is 0 Å². The third kappa shape index (κ3) is 3.59. The predicted octanol–water partition coefficient (Wildman–Crippen LogP) is 10.7. The molecule has 6 aromatic carbocycles. The molecule has 1 heteroatoms. The topological polar surface area (TPSA) is 12.9 Å². The van der Waals surface area contributed by atoms with E-state index in [1.54, 1.807) is 0 Å². The van der Waals surface area contributed by atoms with E-state index in [9.17, 15) is 0 Å². The van der Waals surface area contributed by atoms with Crippen LogP contribution in [-0.4, -0.2) is 4.98 Å². The lowest BCUT2D eigenvalue weighted by Crippen LogP contribution is -2.14. The van der Waals surface area contributed by atoms with Crippen LogP contribution in [0.4, 0.5) is 0 Å². The van der Waals surface area contributed by atoms with Crippen LogP contribution in [0, 0.1) is 0 Å². The zero-order valence-corrected chi connectivity index (χ0v) is 23.2. The average Bonchev–Trinajstić information content (AvgIpc) is 3.26. The normalized spacial score (nSPS) is 13.3. The highest BCUT2D eigenvalue weighted by Gasteiger charge is 2.35. The molecule has 1 aromatic heterocycles. The van der Waals surface area contributed by atoms with Gasteiger partial charge in [0.1, 0.15) is 0 Å². The van der Waals surface area contributed by atoms with E-state index < -0.39 is 0 Å². The van der Waals surface area contributed by atoms with E-state index >= 15 is 0 Å². The summed E-state index contributed by atoms with van der Waals surface area (Å²) in [5, 5.41) is 4.94. The number of pyridine rings is 1. The quantitative estimate of drug-likeness (QED) is 0.210. The molecule has 0 atom stereocenters. The smallest absolute Gasteiger partial charge is 0.0714 e. The Kier molecular flexibility index (Phi) is 5.24. The van der Waals surface area contributed by atoms with Crippen molar-refractivity contribution in [2.24, 2.45) is 0 Å². The number of rotatable bonds is 3. The number of hydrogen-bond acceptors (Lipinski definition) is 1. The average molecular weight is 524 g/mol. The fourth-order valence-corrected chi connectivity index (χ4v) is 6.96. The highest BCUT2D eigenvalue weighted by Crippen LogP contribution is 2.51. The fraction of sp³-hybridized carbons (Fsp3) is 0.0750. The minimum atomic E-state index is -0.0160. The molecule has 0 unspecified atom stereocenters. The summed E-state index contributed by atoms with van der Waals surface area (Å²) in [5.74, 6) is 0. The second-order valence-corrected chi connectivity index (χ2v) is 11.6. The van der Waals surface area contributed by atoms with Gasteiger partial charge in [0.15, 0.2) is 0 Å². The molecule has 7 aromatic rings. The zero-order valence-electron chi connectivity index (χ0n) is 23.2. The fourth-order valence-electron chi connectivity index (χ4n) is 6.96. The molecular formula is C40H29N. The SMILES string of the molecule is CC1(C)c2ccccc2-c2cc(-c3c4ccccc4c(-c4ccccn4)c4ccc(-c5ccccc5)cc34)ccc21. The number of aromatic nitrogens is 1. The minimum absolute atomic E-state index is 0.0160. The van der Waals surface area contributed by atoms with Crippen molar-refractivity contribution in [3.05, 3.63) is 151 Å². The molecule has 41 heavy (non-hydrogen) atoms. The van der Waals surface area contributed by atoms with Crippen LogP contribution in [0.5, 0.6) is 0 Å². The van der Waals surface area contributed by atoms with E-state index in [1.165, 1.54) is 71.6 Å². The first-order chi connectivity index (χ1) is 20.1. The van der Waals surface area contributed by atoms with Crippen LogP contribution in [-0.2, 0) is 5.41 Å². The Bertz CT molecular complexity index is 2100. The van der Waals surface area contributed by atoms with Crippen LogP contribution < -0.4 is 0 Å². The van der Waals surface area contributed by atoms with Crippen molar-refractivity contribution in [3.8, 4) is 44.6 Å². The molecule has 194 valence electrons. The number of nitrogens with zero attached hydrogens (tertiary/aromatic N) is 1. The van der Waals surface area contributed by atoms with Gasteiger partial charge in [-0.3, -0.25) is 4.98 Å². The molecule has 8 rings (SSSR count). The molecule has 0 amide bonds. The van der Waals surface area contributed by atoms with E-state index in [4.69, 9.17) is 4.98 Å². The lowest BCUT2D eigenvalue weighted by atomic mass is 9.81. The molecule has 0 saturated heterocycles. The number of fused-ring (bicyclic) bond motifs is 5. The van der Waals surface area contributed by atoms with E-state index in [0.717, 1.165) is 5.69 Å². The molecule has 0 aliphatic heterocycles. The van der Waals surface area contributed by atoms with Crippen molar-refractivity contribution in [3.63, 3.8) is 0 Å². The first-order valence-electron chi connectivity index (χ1n) is 14.3. The number of benzene rings is 6. The Balaban J connectivity index is 1.49. The monoisotopic (exact) mass is 523 g/mol. The first kappa shape index (κ1) is 23.8. The van der Waals surface area contributed by atoms with Gasteiger partial charge in [-0.05, 0) is 90.3 Å². The Morgan fingerprint density at radius 1 is 0.439 bits per heavy atom. The van der Waals surface area contributed by atoms with E-state index in [2.05, 4.69) is 141 Å². The zero-order chi connectivity index (χ0) is 27.6. The first-order valence-corrected chi connectivity index (χ1v) is 14.3. The summed E-state index contributed by atoms with van der Waals surface area (Å²) in [7, 11) is 0. The predicted molar refractivity (Wildman–Crippen MR) is 173 cm³/mol. The Hall–Kier alpha value is -5.01. The summed E-state index contributed by atoms with van der Waals surface area (Å²) in [6, 6.07) is 48.6. The molecule has 0 saturated carbocycles. The molecule has 1 nitrogen and oxygen atoms in total. The Labute approximate surface area is 240 Å². The summed E-state index contributed by atoms with van der Waals surface area (Å²) in [6.45, 7) is 4.69. The molecule has 1 aliphatic rings. The van der Waals surface area contributed by atoms with Gasteiger partial charge in [0.2, 0.25) is 0 Å². The molecule has 1 aliphatic carbocycles. The molecular weight excluding hydrogens is 494 g/mol. The molecule has 0 N–H and O–H groups in total. The van der Waals surface area contributed by atoms with Gasteiger partial charge in [0.05, 0.1) is 5.69 Å². The van der Waals surface area contributed by atoms with E-state index in [0.29, 0.717) is 0 Å². The van der Waals surface area contributed by atoms with Crippen molar-refractivity contribution < 1.29 is 0 Å². The minimum Gasteiger partial charge on any atom is -0.256 e. The molecule has 0 radical (unpaired) electrons. The van der Waals surface area contributed by atoms with Gasteiger partial charge in [0.25, 0.3) is 0 Å². The van der Waals surface area contributed by atoms with Gasteiger partial charge >= 0.3 is 0 Å². The third-order valence-electron chi connectivity index (χ3n) is 8.92. The number of hydrogen-bond donors (Lipinski definition) is 0. The maximum Gasteiger partial charge on any atom is 0.0714 e. The van der Waals surface area contributed by atoms with Crippen LogP contribution >= 0.6 is 0 Å². The molecule has 0 spiro atoms. The lowest BCUT2D eigenvalue weighted by Gasteiger charge is -2.22. The van der Waals surface area contributed by atoms with Crippen molar-refractivity contribution >= 4 is 21.5 Å². The van der Waals surface area contributed by atoms with Crippen molar-refractivity contribution in [1.82, 2.24) is 4.98 Å². The van der Waals surface area contributed by atoms with Crippen molar-refractivity contribution in [2.45, 2.75) is 19.3 Å². The third-order valence-corrected chi connectivity index (χ3v) is 8.92. The molecule has 0 fully saturated rings. The van der Waals surface area contributed by atoms with Gasteiger partial charge in [-0.25, -0.2) is 0 Å². The maximum absolute atomic E-state index is 4.82. The van der Waals surface area contributed by atoms with Crippen LogP contribution in [0.3, 0.4) is 0 Å². The van der Waals surface area contributed by atoms with Crippen LogP contribution in [0.15, 0.2) is 140 Å². The molecule has 1 heterocycles. The van der Waals surface area contributed by atoms with Crippen LogP contribution in [0.2, 0.25) is 0 Å². The second kappa shape index (κ2) is 9.01. The lowest BCUT2D eigenvalue weighted by molar-refractivity contribution is 0.660. The van der Waals surface area contributed by atoms with Crippen molar-refractivity contribution in [2.75, 3.05) is 0 Å². The summed E-state index contributed by atoms with van der Waals surface area (Å²) in [5.41, 5.74) is 12.6. The largest absolute Gasteiger partial charge is 0.256 e. The second-order valence-electron chi connectivity index (χ2n) is 11.6. The van der Waals surface area contributed by atoms with Gasteiger partial charge in [0, 0.05) is 17.2 Å². The van der Waals surface area contributed by atoms with Crippen LogP contribution in [0.1, 0.15) is 25.0 Å². The van der Waals surface area contributed by atoms with Crippen LogP contribution in [0.25, 0.3) is 66.2 Å². The summed E-state index contributed by atoms with van der Waals surface area (Å²) >= 11 is 0. The Morgan fingerprint density at radius 2 is 1.10 bits per heavy atom. The summed E-state index contributed by atoms with van der Waals surface area (Å²) < 4.78 is 0. The van der Waals surface area contributed by atoms with Crippen molar-refractivity contribution in [1.29, 1.82) is 0 Å². The standard InChI is InChI=1S/C40H29N/c1-40(2)35-17-9-8-14-29(35)33-25-28(20-22-36(33)40)38-30-15-6-7-16-31(30)39(37-18-10-11-23-41-37)32-21-19-27(24-34(32)38)26-12-4-3-5-13-26/h3-25H,1-2H3. The highest BCUT2D eigenvalue weighted by atomic mass is 14.7.